The van der Waals surface area contributed by atoms with Crippen LogP contribution in [-0.4, -0.2) is 24.0 Å². The second-order valence-corrected chi connectivity index (χ2v) is 6.41. The Morgan fingerprint density at radius 3 is 2.52 bits per heavy atom. The van der Waals surface area contributed by atoms with E-state index in [-0.39, 0.29) is 5.91 Å². The number of para-hydroxylation sites is 3. The molecule has 4 nitrogen and oxygen atoms in total. The minimum absolute atomic E-state index is 0.171. The van der Waals surface area contributed by atoms with Gasteiger partial charge in [0.05, 0.1) is 16.9 Å². The van der Waals surface area contributed by atoms with Crippen LogP contribution in [0.2, 0.25) is 0 Å². The fourth-order valence-electron chi connectivity index (χ4n) is 3.37. The van der Waals surface area contributed by atoms with Gasteiger partial charge in [-0.15, -0.1) is 0 Å². The van der Waals surface area contributed by atoms with E-state index in [2.05, 4.69) is 21.3 Å². The third-order valence-electron chi connectivity index (χ3n) is 4.68. The molecule has 1 amide bonds. The van der Waals surface area contributed by atoms with Crippen molar-refractivity contribution in [3.8, 4) is 0 Å². The molecule has 0 saturated carbocycles. The Kier molecular flexibility index (Phi) is 4.34. The van der Waals surface area contributed by atoms with Gasteiger partial charge in [0, 0.05) is 18.5 Å². The number of amides is 1. The van der Waals surface area contributed by atoms with Crippen molar-refractivity contribution in [2.45, 2.75) is 19.3 Å². The number of fused-ring (bicyclic) bond motifs is 1. The van der Waals surface area contributed by atoms with Gasteiger partial charge in [0.15, 0.2) is 0 Å². The second kappa shape index (κ2) is 6.93. The van der Waals surface area contributed by atoms with Crippen molar-refractivity contribution in [2.24, 2.45) is 0 Å². The molecule has 1 N–H and O–H groups in total. The van der Waals surface area contributed by atoms with Crippen molar-refractivity contribution in [3.63, 3.8) is 0 Å². The number of pyridine rings is 1. The Hall–Kier alpha value is -2.88. The van der Waals surface area contributed by atoms with E-state index in [4.69, 9.17) is 0 Å². The van der Waals surface area contributed by atoms with Crippen molar-refractivity contribution < 1.29 is 4.79 Å². The van der Waals surface area contributed by atoms with Crippen molar-refractivity contribution in [1.82, 2.24) is 4.98 Å². The number of carbonyl (C=O) groups is 1. The minimum atomic E-state index is -0.171. The van der Waals surface area contributed by atoms with Crippen LogP contribution in [0.4, 0.5) is 11.4 Å². The molecule has 1 saturated heterocycles. The van der Waals surface area contributed by atoms with E-state index in [0.29, 0.717) is 5.69 Å². The first-order valence-corrected chi connectivity index (χ1v) is 8.82. The molecule has 0 unspecified atom stereocenters. The Balaban J connectivity index is 1.59. The number of benzene rings is 2. The van der Waals surface area contributed by atoms with Crippen LogP contribution in [0.15, 0.2) is 60.7 Å². The van der Waals surface area contributed by atoms with Gasteiger partial charge >= 0.3 is 0 Å². The summed E-state index contributed by atoms with van der Waals surface area (Å²) in [6.07, 6.45) is 3.69. The van der Waals surface area contributed by atoms with Gasteiger partial charge in [-0.2, -0.15) is 0 Å². The molecular weight excluding hydrogens is 310 g/mol. The number of anilines is 2. The van der Waals surface area contributed by atoms with E-state index in [0.717, 1.165) is 35.4 Å². The molecule has 0 aliphatic carbocycles. The molecule has 1 fully saturated rings. The molecule has 25 heavy (non-hydrogen) atoms. The molecule has 0 radical (unpaired) electrons. The molecule has 2 aromatic carbocycles. The predicted octanol–water partition coefficient (Wildman–Crippen LogP) is 4.48. The maximum Gasteiger partial charge on any atom is 0.274 e. The summed E-state index contributed by atoms with van der Waals surface area (Å²) in [6, 6.07) is 19.6. The van der Waals surface area contributed by atoms with Crippen LogP contribution in [0.25, 0.3) is 10.9 Å². The average Bonchev–Trinajstić information content (AvgIpc) is 2.68. The number of aromatic nitrogens is 1. The van der Waals surface area contributed by atoms with E-state index in [9.17, 15) is 4.79 Å². The van der Waals surface area contributed by atoms with Gasteiger partial charge in [-0.3, -0.25) is 4.79 Å². The lowest BCUT2D eigenvalue weighted by molar-refractivity contribution is 0.102. The summed E-state index contributed by atoms with van der Waals surface area (Å²) in [4.78, 5) is 19.5. The van der Waals surface area contributed by atoms with Gasteiger partial charge in [-0.25, -0.2) is 4.98 Å². The fraction of sp³-hybridized carbons (Fsp3) is 0.238. The summed E-state index contributed by atoms with van der Waals surface area (Å²) in [5, 5.41) is 4.08. The number of carbonyl (C=O) groups excluding carboxylic acids is 1. The monoisotopic (exact) mass is 331 g/mol. The lowest BCUT2D eigenvalue weighted by Gasteiger charge is -2.30. The van der Waals surface area contributed by atoms with E-state index in [1.54, 1.807) is 6.07 Å². The normalized spacial score (nSPS) is 14.5. The Bertz CT molecular complexity index is 900. The number of hydrogen-bond donors (Lipinski definition) is 1. The van der Waals surface area contributed by atoms with E-state index >= 15 is 0 Å². The van der Waals surface area contributed by atoms with Crippen molar-refractivity contribution >= 4 is 28.2 Å². The Morgan fingerprint density at radius 1 is 0.880 bits per heavy atom. The van der Waals surface area contributed by atoms with Crippen molar-refractivity contribution in [1.29, 1.82) is 0 Å². The van der Waals surface area contributed by atoms with Crippen LogP contribution in [0, 0.1) is 0 Å². The number of rotatable bonds is 3. The molecule has 3 aromatic rings. The summed E-state index contributed by atoms with van der Waals surface area (Å²) >= 11 is 0. The highest BCUT2D eigenvalue weighted by Crippen LogP contribution is 2.28. The van der Waals surface area contributed by atoms with Crippen LogP contribution >= 0.6 is 0 Å². The summed E-state index contributed by atoms with van der Waals surface area (Å²) in [6.45, 7) is 2.09. The molecular formula is C21H21N3O. The molecule has 0 atom stereocenters. The maximum atomic E-state index is 12.7. The topological polar surface area (TPSA) is 45.2 Å². The summed E-state index contributed by atoms with van der Waals surface area (Å²) in [5.41, 5.74) is 3.22. The molecule has 4 rings (SSSR count). The molecule has 126 valence electrons. The second-order valence-electron chi connectivity index (χ2n) is 6.41. The average molecular weight is 331 g/mol. The third-order valence-corrected chi connectivity index (χ3v) is 4.68. The summed E-state index contributed by atoms with van der Waals surface area (Å²) in [5.74, 6) is -0.171. The number of nitrogens with one attached hydrogen (secondary N) is 1. The number of hydrogen-bond acceptors (Lipinski definition) is 3. The lowest BCUT2D eigenvalue weighted by atomic mass is 10.1. The van der Waals surface area contributed by atoms with Crippen LogP contribution in [0.1, 0.15) is 29.8 Å². The molecule has 1 aliphatic heterocycles. The molecule has 2 heterocycles. The van der Waals surface area contributed by atoms with Crippen molar-refractivity contribution in [2.75, 3.05) is 23.3 Å². The highest BCUT2D eigenvalue weighted by Gasteiger charge is 2.16. The highest BCUT2D eigenvalue weighted by atomic mass is 16.1. The summed E-state index contributed by atoms with van der Waals surface area (Å²) < 4.78 is 0. The first-order chi connectivity index (χ1) is 12.3. The minimum Gasteiger partial charge on any atom is -0.370 e. The lowest BCUT2D eigenvalue weighted by Crippen LogP contribution is -2.30. The van der Waals surface area contributed by atoms with Crippen LogP contribution in [0.5, 0.6) is 0 Å². The Morgan fingerprint density at radius 2 is 1.64 bits per heavy atom. The summed E-state index contributed by atoms with van der Waals surface area (Å²) in [7, 11) is 0. The highest BCUT2D eigenvalue weighted by molar-refractivity contribution is 6.05. The maximum absolute atomic E-state index is 12.7. The van der Waals surface area contributed by atoms with Gasteiger partial charge < -0.3 is 10.2 Å². The first kappa shape index (κ1) is 15.6. The van der Waals surface area contributed by atoms with E-state index in [1.807, 2.05) is 48.5 Å². The number of nitrogens with zero attached hydrogens (tertiary/aromatic N) is 2. The number of piperidine rings is 1. The van der Waals surface area contributed by atoms with Gasteiger partial charge in [0.25, 0.3) is 5.91 Å². The molecule has 1 aromatic heterocycles. The van der Waals surface area contributed by atoms with E-state index < -0.39 is 0 Å². The smallest absolute Gasteiger partial charge is 0.274 e. The van der Waals surface area contributed by atoms with Gasteiger partial charge in [0.1, 0.15) is 5.69 Å². The fourth-order valence-corrected chi connectivity index (χ4v) is 3.37. The largest absolute Gasteiger partial charge is 0.370 e. The third kappa shape index (κ3) is 3.33. The molecule has 1 aliphatic rings. The van der Waals surface area contributed by atoms with Crippen LogP contribution < -0.4 is 10.2 Å². The molecule has 0 bridgehead atoms. The van der Waals surface area contributed by atoms with Crippen molar-refractivity contribution in [3.05, 3.63) is 66.4 Å². The quantitative estimate of drug-likeness (QED) is 0.770. The zero-order valence-corrected chi connectivity index (χ0v) is 14.1. The van der Waals surface area contributed by atoms with Gasteiger partial charge in [-0.05, 0) is 43.5 Å². The van der Waals surface area contributed by atoms with Gasteiger partial charge in [-0.1, -0.05) is 36.4 Å². The standard InChI is InChI=1S/C21H21N3O/c25-21(19-13-12-16-8-2-3-9-17(16)22-19)23-18-10-4-5-11-20(18)24-14-6-1-7-15-24/h2-5,8-13H,1,6-7,14-15H2,(H,23,25). The first-order valence-electron chi connectivity index (χ1n) is 8.82. The van der Waals surface area contributed by atoms with E-state index in [1.165, 1.54) is 19.3 Å². The predicted molar refractivity (Wildman–Crippen MR) is 102 cm³/mol. The zero-order valence-electron chi connectivity index (χ0n) is 14.1. The molecule has 4 heteroatoms. The Labute approximate surface area is 147 Å². The SMILES string of the molecule is O=C(Nc1ccccc1N1CCCCC1)c1ccc2ccccc2n1. The zero-order chi connectivity index (χ0) is 17.1. The van der Waals surface area contributed by atoms with Crippen LogP contribution in [-0.2, 0) is 0 Å². The molecule has 0 spiro atoms. The van der Waals surface area contributed by atoms with Crippen LogP contribution in [0.3, 0.4) is 0 Å². The van der Waals surface area contributed by atoms with Gasteiger partial charge in [0.2, 0.25) is 0 Å².